The Bertz CT molecular complexity index is 644. The zero-order chi connectivity index (χ0) is 18.1. The van der Waals surface area contributed by atoms with Gasteiger partial charge < -0.3 is 20.1 Å². The predicted octanol–water partition coefficient (Wildman–Crippen LogP) is 1.95. The maximum Gasteiger partial charge on any atom is 0.191 e. The van der Waals surface area contributed by atoms with Crippen LogP contribution in [0.1, 0.15) is 50.2 Å². The number of aliphatic imine (C=N–C) groups is 1. The third kappa shape index (κ3) is 4.58. The van der Waals surface area contributed by atoms with Crippen molar-refractivity contribution in [2.24, 2.45) is 10.9 Å². The molecular formula is C19H34IN7. The van der Waals surface area contributed by atoms with Gasteiger partial charge in [0.1, 0.15) is 11.6 Å². The van der Waals surface area contributed by atoms with Crippen LogP contribution in [0.15, 0.2) is 4.99 Å². The van der Waals surface area contributed by atoms with Gasteiger partial charge in [-0.3, -0.25) is 4.99 Å². The first-order chi connectivity index (χ1) is 12.6. The topological polar surface area (TPSA) is 70.4 Å². The quantitative estimate of drug-likeness (QED) is 0.388. The molecule has 0 radical (unpaired) electrons. The number of piperidine rings is 2. The number of hydrogen-bond acceptors (Lipinski definition) is 4. The van der Waals surface area contributed by atoms with Crippen LogP contribution in [0, 0.1) is 12.8 Å². The van der Waals surface area contributed by atoms with Gasteiger partial charge in [-0.2, -0.15) is 0 Å². The Balaban J connectivity index is 0.00000210. The van der Waals surface area contributed by atoms with Crippen molar-refractivity contribution in [1.29, 1.82) is 0 Å². The molecule has 3 aliphatic heterocycles. The summed E-state index contributed by atoms with van der Waals surface area (Å²) in [5.74, 6) is 3.74. The molecule has 7 nitrogen and oxygen atoms in total. The Kier molecular flexibility index (Phi) is 6.99. The monoisotopic (exact) mass is 487 g/mol. The highest BCUT2D eigenvalue weighted by atomic mass is 127. The van der Waals surface area contributed by atoms with Gasteiger partial charge in [0.05, 0.1) is 0 Å². The van der Waals surface area contributed by atoms with Gasteiger partial charge in [0.2, 0.25) is 0 Å². The smallest absolute Gasteiger partial charge is 0.191 e. The van der Waals surface area contributed by atoms with Crippen LogP contribution in [-0.2, 0) is 13.0 Å². The molecule has 152 valence electrons. The molecule has 27 heavy (non-hydrogen) atoms. The molecule has 8 heteroatoms. The number of halogens is 1. The lowest BCUT2D eigenvalue weighted by Gasteiger charge is -2.47. The van der Waals surface area contributed by atoms with Crippen LogP contribution >= 0.6 is 24.0 Å². The van der Waals surface area contributed by atoms with Gasteiger partial charge >= 0.3 is 0 Å². The first kappa shape index (κ1) is 20.8. The molecule has 0 amide bonds. The van der Waals surface area contributed by atoms with Crippen molar-refractivity contribution in [3.05, 3.63) is 11.6 Å². The fraction of sp³-hybridized carbons (Fsp3) is 0.842. The van der Waals surface area contributed by atoms with Crippen molar-refractivity contribution in [1.82, 2.24) is 30.3 Å². The lowest BCUT2D eigenvalue weighted by Crippen LogP contribution is -2.57. The SMILES string of the molecule is CN=C(NCC1CCc2nnc(C)n2C1)NC1CC2CCCC(C1)N2C.I. The second kappa shape index (κ2) is 9.07. The molecule has 0 aliphatic carbocycles. The van der Waals surface area contributed by atoms with Crippen LogP contribution in [0.5, 0.6) is 0 Å². The third-order valence-electron chi connectivity index (χ3n) is 6.69. The number of hydrogen-bond donors (Lipinski definition) is 2. The second-order valence-corrected chi connectivity index (χ2v) is 8.35. The van der Waals surface area contributed by atoms with E-state index in [9.17, 15) is 0 Å². The molecular weight excluding hydrogens is 453 g/mol. The molecule has 1 aromatic heterocycles. The van der Waals surface area contributed by atoms with Gasteiger partial charge in [-0.15, -0.1) is 34.2 Å². The molecule has 2 fully saturated rings. The standard InChI is InChI=1S/C19H33N7.HI/c1-13-23-24-18-8-7-14(12-26(13)18)11-21-19(20-2)22-15-9-16-5-4-6-17(10-15)25(16)3;/h14-17H,4-12H2,1-3H3,(H2,20,21,22);1H. The maximum atomic E-state index is 4.48. The molecule has 3 aliphatic rings. The van der Waals surface area contributed by atoms with Crippen molar-refractivity contribution >= 4 is 29.9 Å². The van der Waals surface area contributed by atoms with E-state index in [4.69, 9.17) is 0 Å². The van der Waals surface area contributed by atoms with E-state index in [1.807, 2.05) is 14.0 Å². The van der Waals surface area contributed by atoms with Crippen LogP contribution in [0.25, 0.3) is 0 Å². The van der Waals surface area contributed by atoms with Gasteiger partial charge in [-0.1, -0.05) is 6.42 Å². The van der Waals surface area contributed by atoms with Crippen LogP contribution in [0.2, 0.25) is 0 Å². The highest BCUT2D eigenvalue weighted by Crippen LogP contribution is 2.32. The van der Waals surface area contributed by atoms with E-state index in [0.29, 0.717) is 12.0 Å². The molecule has 1 aromatic rings. The summed E-state index contributed by atoms with van der Waals surface area (Å²) >= 11 is 0. The molecule has 0 aromatic carbocycles. The molecule has 2 N–H and O–H groups in total. The average molecular weight is 487 g/mol. The summed E-state index contributed by atoms with van der Waals surface area (Å²) in [6, 6.07) is 2.03. The van der Waals surface area contributed by atoms with Crippen LogP contribution in [0.4, 0.5) is 0 Å². The van der Waals surface area contributed by atoms with Crippen LogP contribution < -0.4 is 10.6 Å². The van der Waals surface area contributed by atoms with Crippen molar-refractivity contribution in [2.45, 2.75) is 76.5 Å². The van der Waals surface area contributed by atoms with E-state index < -0.39 is 0 Å². The Morgan fingerprint density at radius 1 is 1.19 bits per heavy atom. The number of nitrogens with one attached hydrogen (secondary N) is 2. The number of nitrogens with zero attached hydrogens (tertiary/aromatic N) is 5. The van der Waals surface area contributed by atoms with Gasteiger partial charge in [0.25, 0.3) is 0 Å². The van der Waals surface area contributed by atoms with Gasteiger partial charge in [0, 0.05) is 44.7 Å². The van der Waals surface area contributed by atoms with Crippen LogP contribution in [0.3, 0.4) is 0 Å². The Morgan fingerprint density at radius 3 is 2.63 bits per heavy atom. The lowest BCUT2D eigenvalue weighted by molar-refractivity contribution is 0.0526. The third-order valence-corrected chi connectivity index (χ3v) is 6.69. The number of rotatable bonds is 3. The summed E-state index contributed by atoms with van der Waals surface area (Å²) in [5, 5.41) is 15.8. The molecule has 2 saturated heterocycles. The summed E-state index contributed by atoms with van der Waals surface area (Å²) in [5.41, 5.74) is 0. The van der Waals surface area contributed by atoms with Crippen molar-refractivity contribution < 1.29 is 0 Å². The van der Waals surface area contributed by atoms with Crippen molar-refractivity contribution in [3.8, 4) is 0 Å². The molecule has 2 bridgehead atoms. The summed E-state index contributed by atoms with van der Waals surface area (Å²) in [6.07, 6.45) is 8.75. The predicted molar refractivity (Wildman–Crippen MR) is 119 cm³/mol. The summed E-state index contributed by atoms with van der Waals surface area (Å²) in [7, 11) is 4.19. The summed E-state index contributed by atoms with van der Waals surface area (Å²) in [4.78, 5) is 7.09. The highest BCUT2D eigenvalue weighted by Gasteiger charge is 2.36. The fourth-order valence-electron chi connectivity index (χ4n) is 5.06. The molecule has 0 saturated carbocycles. The van der Waals surface area contributed by atoms with Crippen LogP contribution in [-0.4, -0.2) is 64.4 Å². The zero-order valence-corrected chi connectivity index (χ0v) is 19.1. The Morgan fingerprint density at radius 2 is 1.93 bits per heavy atom. The van der Waals surface area contributed by atoms with E-state index in [0.717, 1.165) is 49.2 Å². The number of aryl methyl sites for hydroxylation is 2. The van der Waals surface area contributed by atoms with E-state index in [1.54, 1.807) is 0 Å². The minimum atomic E-state index is 0. The maximum absolute atomic E-state index is 4.48. The Labute approximate surface area is 179 Å². The molecule has 4 heterocycles. The minimum absolute atomic E-state index is 0. The number of aromatic nitrogens is 3. The molecule has 3 atom stereocenters. The zero-order valence-electron chi connectivity index (χ0n) is 16.8. The number of fused-ring (bicyclic) bond motifs is 3. The molecule has 4 rings (SSSR count). The summed E-state index contributed by atoms with van der Waals surface area (Å²) < 4.78 is 2.27. The van der Waals surface area contributed by atoms with Crippen molar-refractivity contribution in [2.75, 3.05) is 20.6 Å². The van der Waals surface area contributed by atoms with E-state index in [2.05, 4.69) is 42.3 Å². The first-order valence-electron chi connectivity index (χ1n) is 10.2. The lowest BCUT2D eigenvalue weighted by atomic mass is 9.82. The Hall–Kier alpha value is -0.900. The highest BCUT2D eigenvalue weighted by molar-refractivity contribution is 14.0. The van der Waals surface area contributed by atoms with Gasteiger partial charge in [-0.05, 0) is 52.0 Å². The molecule has 0 spiro atoms. The normalized spacial score (nSPS) is 31.0. The summed E-state index contributed by atoms with van der Waals surface area (Å²) in [6.45, 7) is 4.01. The minimum Gasteiger partial charge on any atom is -0.356 e. The number of guanidine groups is 1. The average Bonchev–Trinajstić information content (AvgIpc) is 3.00. The van der Waals surface area contributed by atoms with Gasteiger partial charge in [0.15, 0.2) is 5.96 Å². The van der Waals surface area contributed by atoms with Crippen molar-refractivity contribution in [3.63, 3.8) is 0 Å². The van der Waals surface area contributed by atoms with E-state index >= 15 is 0 Å². The first-order valence-corrected chi connectivity index (χ1v) is 10.2. The van der Waals surface area contributed by atoms with E-state index in [-0.39, 0.29) is 24.0 Å². The van der Waals surface area contributed by atoms with Gasteiger partial charge in [-0.25, -0.2) is 0 Å². The largest absolute Gasteiger partial charge is 0.356 e. The van der Waals surface area contributed by atoms with E-state index in [1.165, 1.54) is 38.5 Å². The molecule has 3 unspecified atom stereocenters. The second-order valence-electron chi connectivity index (χ2n) is 8.35. The fourth-order valence-corrected chi connectivity index (χ4v) is 5.06.